The molecule has 1 aliphatic heterocycles. The monoisotopic (exact) mass is 463 g/mol. The number of hydrogen-bond donors (Lipinski definition) is 4. The lowest BCUT2D eigenvalue weighted by atomic mass is 9.93. The molecular formula is C24H18ClN3O5. The average molecular weight is 464 g/mol. The Kier molecular flexibility index (Phi) is 5.03. The van der Waals surface area contributed by atoms with Crippen molar-refractivity contribution in [1.82, 2.24) is 9.88 Å². The highest BCUT2D eigenvalue weighted by Gasteiger charge is 2.35. The highest BCUT2D eigenvalue weighted by atomic mass is 35.5. The van der Waals surface area contributed by atoms with Gasteiger partial charge in [0.25, 0.3) is 11.8 Å². The first-order chi connectivity index (χ1) is 16.0. The molecule has 5 rings (SSSR count). The number of phenols is 1. The number of aromatic hydroxyl groups is 1. The summed E-state index contributed by atoms with van der Waals surface area (Å²) in [6.07, 6.45) is 0.875. The van der Waals surface area contributed by atoms with Gasteiger partial charge in [-0.1, -0.05) is 29.8 Å². The van der Waals surface area contributed by atoms with Gasteiger partial charge in [-0.15, -0.1) is 0 Å². The van der Waals surface area contributed by atoms with Crippen LogP contribution in [0.15, 0.2) is 42.5 Å². The second kappa shape index (κ2) is 7.91. The molecule has 0 fully saturated rings. The lowest BCUT2D eigenvalue weighted by Gasteiger charge is -2.12. The number of carbonyl (C=O) groups excluding carboxylic acids is 3. The van der Waals surface area contributed by atoms with Crippen molar-refractivity contribution in [2.75, 3.05) is 11.9 Å². The molecule has 2 heterocycles. The summed E-state index contributed by atoms with van der Waals surface area (Å²) in [6.45, 7) is 0.339. The Balaban J connectivity index is 1.97. The molecule has 0 spiro atoms. The van der Waals surface area contributed by atoms with Crippen molar-refractivity contribution in [3.63, 3.8) is 0 Å². The summed E-state index contributed by atoms with van der Waals surface area (Å²) in [5.41, 5.74) is 2.95. The second-order valence-electron chi connectivity index (χ2n) is 7.71. The fraction of sp³-hybridized carbons (Fsp3) is 0.125. The number of benzene rings is 3. The predicted molar refractivity (Wildman–Crippen MR) is 125 cm³/mol. The van der Waals surface area contributed by atoms with Crippen LogP contribution in [0.25, 0.3) is 32.9 Å². The van der Waals surface area contributed by atoms with Crippen LogP contribution >= 0.6 is 11.6 Å². The van der Waals surface area contributed by atoms with Gasteiger partial charge in [0.15, 0.2) is 0 Å². The quantitative estimate of drug-likeness (QED) is 0.197. The summed E-state index contributed by atoms with van der Waals surface area (Å²) >= 11 is 6.44. The molecule has 3 aromatic carbocycles. The molecule has 0 atom stereocenters. The van der Waals surface area contributed by atoms with E-state index in [0.717, 1.165) is 0 Å². The number of rotatable bonds is 6. The van der Waals surface area contributed by atoms with Crippen LogP contribution in [0.1, 0.15) is 27.1 Å². The highest BCUT2D eigenvalue weighted by molar-refractivity contribution is 6.36. The molecular weight excluding hydrogens is 446 g/mol. The number of aliphatic hydroxyl groups excluding tert-OH is 1. The maximum atomic E-state index is 13.0. The Morgan fingerprint density at radius 1 is 1.03 bits per heavy atom. The number of nitrogens with one attached hydrogen (secondary N) is 2. The largest absolute Gasteiger partial charge is 0.506 e. The van der Waals surface area contributed by atoms with Gasteiger partial charge in [-0.2, -0.15) is 0 Å². The van der Waals surface area contributed by atoms with Gasteiger partial charge < -0.3 is 20.1 Å². The minimum absolute atomic E-state index is 0.0563. The van der Waals surface area contributed by atoms with E-state index in [0.29, 0.717) is 57.3 Å². The van der Waals surface area contributed by atoms with Crippen molar-refractivity contribution < 1.29 is 24.6 Å². The topological polar surface area (TPSA) is 121 Å². The fourth-order valence-corrected chi connectivity index (χ4v) is 4.75. The Morgan fingerprint density at radius 3 is 2.52 bits per heavy atom. The molecule has 3 amide bonds. The van der Waals surface area contributed by atoms with Crippen LogP contribution in [0.5, 0.6) is 5.75 Å². The average Bonchev–Trinajstić information content (AvgIpc) is 3.25. The number of phenolic OH excluding ortho intramolecular Hbond substituents is 1. The number of fused-ring (bicyclic) bond motifs is 5. The van der Waals surface area contributed by atoms with Gasteiger partial charge in [-0.05, 0) is 30.2 Å². The molecule has 8 nitrogen and oxygen atoms in total. The Hall–Kier alpha value is -3.88. The third kappa shape index (κ3) is 3.14. The standard InChI is InChI=1S/C24H18ClN3O5/c25-15-5-2-1-4-12(15)13-9-18-20(22-21(13)23(32)27-24(22)33)14-8-16(26-11-30)19(31)10-17(14)28(18)6-3-7-29/h1-2,4-5,8-11,29,31H,3,6-7H2,(H,26,30)(H,27,32,33). The van der Waals surface area contributed by atoms with Crippen LogP contribution in [0.4, 0.5) is 5.69 Å². The second-order valence-corrected chi connectivity index (χ2v) is 8.12. The molecule has 0 unspecified atom stereocenters. The van der Waals surface area contributed by atoms with Gasteiger partial charge in [0, 0.05) is 40.6 Å². The van der Waals surface area contributed by atoms with E-state index in [4.69, 9.17) is 11.6 Å². The SMILES string of the molecule is O=CNc1cc2c3c4c(c(-c5ccccc5Cl)cc3n(CCCO)c2cc1O)C(=O)NC4=O. The predicted octanol–water partition coefficient (Wildman–Crippen LogP) is 3.65. The minimum Gasteiger partial charge on any atom is -0.506 e. The number of aromatic nitrogens is 1. The first-order valence-corrected chi connectivity index (χ1v) is 10.6. The zero-order valence-corrected chi connectivity index (χ0v) is 17.9. The van der Waals surface area contributed by atoms with E-state index in [1.165, 1.54) is 6.07 Å². The van der Waals surface area contributed by atoms with Crippen LogP contribution in [-0.4, -0.2) is 39.6 Å². The molecule has 1 aromatic heterocycles. The molecule has 0 radical (unpaired) electrons. The Bertz CT molecular complexity index is 1490. The minimum atomic E-state index is -0.534. The maximum Gasteiger partial charge on any atom is 0.259 e. The van der Waals surface area contributed by atoms with Gasteiger partial charge in [0.2, 0.25) is 6.41 Å². The van der Waals surface area contributed by atoms with Crippen molar-refractivity contribution in [1.29, 1.82) is 0 Å². The van der Waals surface area contributed by atoms with Crippen LogP contribution in [-0.2, 0) is 11.3 Å². The van der Waals surface area contributed by atoms with E-state index < -0.39 is 11.8 Å². The van der Waals surface area contributed by atoms with Crippen molar-refractivity contribution in [2.45, 2.75) is 13.0 Å². The van der Waals surface area contributed by atoms with Gasteiger partial charge in [0.1, 0.15) is 5.75 Å². The van der Waals surface area contributed by atoms with E-state index in [2.05, 4.69) is 10.6 Å². The molecule has 166 valence electrons. The molecule has 0 aliphatic carbocycles. The number of anilines is 1. The Labute approximate surface area is 192 Å². The van der Waals surface area contributed by atoms with Crippen molar-refractivity contribution >= 4 is 57.3 Å². The molecule has 4 N–H and O–H groups in total. The number of carbonyl (C=O) groups is 3. The third-order valence-electron chi connectivity index (χ3n) is 5.87. The summed E-state index contributed by atoms with van der Waals surface area (Å²) in [5, 5.41) is 26.2. The van der Waals surface area contributed by atoms with Crippen molar-refractivity contribution in [2.24, 2.45) is 0 Å². The van der Waals surface area contributed by atoms with Gasteiger partial charge in [-0.25, -0.2) is 0 Å². The molecule has 9 heteroatoms. The van der Waals surface area contributed by atoms with Crippen molar-refractivity contribution in [3.05, 3.63) is 58.6 Å². The molecule has 0 saturated carbocycles. The lowest BCUT2D eigenvalue weighted by molar-refractivity contribution is -0.105. The van der Waals surface area contributed by atoms with E-state index in [1.807, 2.05) is 4.57 Å². The molecule has 0 bridgehead atoms. The summed E-state index contributed by atoms with van der Waals surface area (Å²) in [6, 6.07) is 11.9. The summed E-state index contributed by atoms with van der Waals surface area (Å²) in [5.74, 6) is -1.20. The first kappa shape index (κ1) is 21.0. The normalized spacial score (nSPS) is 12.9. The number of imide groups is 1. The van der Waals surface area contributed by atoms with Gasteiger partial charge in [-0.3, -0.25) is 19.7 Å². The summed E-state index contributed by atoms with van der Waals surface area (Å²) < 4.78 is 1.88. The molecule has 0 saturated heterocycles. The molecule has 33 heavy (non-hydrogen) atoms. The van der Waals surface area contributed by atoms with Gasteiger partial charge >= 0.3 is 0 Å². The zero-order valence-electron chi connectivity index (χ0n) is 17.2. The zero-order chi connectivity index (χ0) is 23.3. The number of aliphatic hydroxyl groups is 1. The van der Waals surface area contributed by atoms with E-state index in [9.17, 15) is 24.6 Å². The van der Waals surface area contributed by atoms with Crippen LogP contribution in [0, 0.1) is 0 Å². The number of aryl methyl sites for hydroxylation is 1. The van der Waals surface area contributed by atoms with Crippen molar-refractivity contribution in [3.8, 4) is 16.9 Å². The van der Waals surface area contributed by atoms with E-state index in [1.54, 1.807) is 36.4 Å². The summed E-state index contributed by atoms with van der Waals surface area (Å²) in [4.78, 5) is 36.8. The maximum absolute atomic E-state index is 13.0. The van der Waals surface area contributed by atoms with Gasteiger partial charge in [0.05, 0.1) is 27.8 Å². The fourth-order valence-electron chi connectivity index (χ4n) is 4.52. The Morgan fingerprint density at radius 2 is 1.79 bits per heavy atom. The number of nitrogens with zero attached hydrogens (tertiary/aromatic N) is 1. The lowest BCUT2D eigenvalue weighted by Crippen LogP contribution is -2.20. The van der Waals surface area contributed by atoms with Crippen LogP contribution in [0.3, 0.4) is 0 Å². The molecule has 4 aromatic rings. The van der Waals surface area contributed by atoms with E-state index >= 15 is 0 Å². The number of amides is 3. The third-order valence-corrected chi connectivity index (χ3v) is 6.20. The summed E-state index contributed by atoms with van der Waals surface area (Å²) in [7, 11) is 0. The highest BCUT2D eigenvalue weighted by Crippen LogP contribution is 2.43. The smallest absolute Gasteiger partial charge is 0.259 e. The number of halogens is 1. The molecule has 1 aliphatic rings. The van der Waals surface area contributed by atoms with E-state index in [-0.39, 0.29) is 29.2 Å². The van der Waals surface area contributed by atoms with Crippen LogP contribution < -0.4 is 10.6 Å². The first-order valence-electron chi connectivity index (χ1n) is 10.2. The van der Waals surface area contributed by atoms with Crippen LogP contribution in [0.2, 0.25) is 5.02 Å². The number of hydrogen-bond acceptors (Lipinski definition) is 5.